The van der Waals surface area contributed by atoms with Gasteiger partial charge in [-0.3, -0.25) is 20.4 Å². The number of pyridine rings is 1. The van der Waals surface area contributed by atoms with E-state index in [1.165, 1.54) is 6.20 Å². The molecule has 7 heteroatoms. The third-order valence-electron chi connectivity index (χ3n) is 2.60. The molecule has 0 aromatic carbocycles. The Kier molecular flexibility index (Phi) is 3.46. The number of aromatic nitrogens is 2. The number of nitrogens with zero attached hydrogens (tertiary/aromatic N) is 2. The van der Waals surface area contributed by atoms with Crippen molar-refractivity contribution in [1.82, 2.24) is 21.0 Å². The molecule has 2 rings (SSSR count). The zero-order valence-electron chi connectivity index (χ0n) is 10.9. The predicted molar refractivity (Wildman–Crippen MR) is 67.0 cm³/mol. The first-order chi connectivity index (χ1) is 8.99. The molecular weight excluding hydrogens is 248 g/mol. The molecular formula is C12H14N4O3. The van der Waals surface area contributed by atoms with E-state index in [0.29, 0.717) is 22.4 Å². The molecule has 2 aromatic rings. The lowest BCUT2D eigenvalue weighted by atomic mass is 10.2. The Labute approximate surface area is 109 Å². The summed E-state index contributed by atoms with van der Waals surface area (Å²) < 4.78 is 4.95. The number of nitrogens with one attached hydrogen (secondary N) is 2. The average molecular weight is 262 g/mol. The SMILES string of the molecule is Cc1noc2ncc(C(=O)NNC(=O)C(C)C)cc12. The van der Waals surface area contributed by atoms with Crippen LogP contribution in [0.3, 0.4) is 0 Å². The molecule has 0 bridgehead atoms. The number of hydrogen-bond donors (Lipinski definition) is 2. The number of carbonyl (C=O) groups is 2. The normalized spacial score (nSPS) is 10.7. The van der Waals surface area contributed by atoms with Crippen molar-refractivity contribution in [1.29, 1.82) is 0 Å². The van der Waals surface area contributed by atoms with Gasteiger partial charge >= 0.3 is 0 Å². The lowest BCUT2D eigenvalue weighted by Gasteiger charge is -2.08. The fraction of sp³-hybridized carbons (Fsp3) is 0.333. The smallest absolute Gasteiger partial charge is 0.271 e. The van der Waals surface area contributed by atoms with Gasteiger partial charge in [0.15, 0.2) is 0 Å². The van der Waals surface area contributed by atoms with Crippen LogP contribution >= 0.6 is 0 Å². The van der Waals surface area contributed by atoms with E-state index in [4.69, 9.17) is 4.52 Å². The van der Waals surface area contributed by atoms with Crippen molar-refractivity contribution in [2.75, 3.05) is 0 Å². The van der Waals surface area contributed by atoms with Crippen LogP contribution in [-0.4, -0.2) is 22.0 Å². The van der Waals surface area contributed by atoms with E-state index in [1.807, 2.05) is 0 Å². The quantitative estimate of drug-likeness (QED) is 0.785. The topological polar surface area (TPSA) is 97.1 Å². The summed E-state index contributed by atoms with van der Waals surface area (Å²) in [5.74, 6) is -0.909. The van der Waals surface area contributed by atoms with Gasteiger partial charge in [-0.15, -0.1) is 0 Å². The summed E-state index contributed by atoms with van der Waals surface area (Å²) in [6.07, 6.45) is 1.36. The number of carbonyl (C=O) groups excluding carboxylic acids is 2. The van der Waals surface area contributed by atoms with Crippen LogP contribution in [0.15, 0.2) is 16.8 Å². The molecule has 0 saturated carbocycles. The second-order valence-corrected chi connectivity index (χ2v) is 4.44. The van der Waals surface area contributed by atoms with Crippen molar-refractivity contribution < 1.29 is 14.1 Å². The van der Waals surface area contributed by atoms with Crippen molar-refractivity contribution in [2.45, 2.75) is 20.8 Å². The van der Waals surface area contributed by atoms with Crippen LogP contribution in [0.4, 0.5) is 0 Å². The first-order valence-electron chi connectivity index (χ1n) is 5.81. The van der Waals surface area contributed by atoms with Gasteiger partial charge in [-0.2, -0.15) is 0 Å². The second-order valence-electron chi connectivity index (χ2n) is 4.44. The highest BCUT2D eigenvalue weighted by Crippen LogP contribution is 2.16. The number of rotatable bonds is 2. The summed E-state index contributed by atoms with van der Waals surface area (Å²) in [5, 5.41) is 4.42. The zero-order valence-corrected chi connectivity index (χ0v) is 10.9. The molecule has 2 aromatic heterocycles. The Morgan fingerprint density at radius 2 is 2.05 bits per heavy atom. The van der Waals surface area contributed by atoms with Gasteiger partial charge in [0, 0.05) is 12.1 Å². The lowest BCUT2D eigenvalue weighted by molar-refractivity contribution is -0.124. The Morgan fingerprint density at radius 3 is 2.74 bits per heavy atom. The predicted octanol–water partition coefficient (Wildman–Crippen LogP) is 0.948. The molecule has 0 spiro atoms. The van der Waals surface area contributed by atoms with Gasteiger partial charge < -0.3 is 4.52 Å². The van der Waals surface area contributed by atoms with Crippen molar-refractivity contribution >= 4 is 22.9 Å². The Balaban J connectivity index is 2.13. The molecule has 0 radical (unpaired) electrons. The van der Waals surface area contributed by atoms with Crippen molar-refractivity contribution in [3.63, 3.8) is 0 Å². The van der Waals surface area contributed by atoms with Gasteiger partial charge in [-0.05, 0) is 13.0 Å². The summed E-state index contributed by atoms with van der Waals surface area (Å²) in [6.45, 7) is 5.22. The van der Waals surface area contributed by atoms with E-state index in [1.54, 1.807) is 26.8 Å². The van der Waals surface area contributed by atoms with E-state index in [0.717, 1.165) is 0 Å². The van der Waals surface area contributed by atoms with Gasteiger partial charge in [-0.1, -0.05) is 19.0 Å². The fourth-order valence-corrected chi connectivity index (χ4v) is 1.40. The molecule has 19 heavy (non-hydrogen) atoms. The molecule has 2 amide bonds. The van der Waals surface area contributed by atoms with Gasteiger partial charge in [0.05, 0.1) is 16.6 Å². The maximum atomic E-state index is 11.8. The highest BCUT2D eigenvalue weighted by atomic mass is 16.5. The first-order valence-corrected chi connectivity index (χ1v) is 5.81. The Bertz CT molecular complexity index is 633. The van der Waals surface area contributed by atoms with Crippen LogP contribution in [0.1, 0.15) is 29.9 Å². The molecule has 2 heterocycles. The van der Waals surface area contributed by atoms with Gasteiger partial charge in [-0.25, -0.2) is 4.98 Å². The largest absolute Gasteiger partial charge is 0.336 e. The molecule has 0 atom stereocenters. The molecule has 0 aliphatic rings. The van der Waals surface area contributed by atoms with Crippen LogP contribution in [0.5, 0.6) is 0 Å². The van der Waals surface area contributed by atoms with Crippen LogP contribution in [0.2, 0.25) is 0 Å². The number of aryl methyl sites for hydroxylation is 1. The molecule has 0 fully saturated rings. The van der Waals surface area contributed by atoms with Crippen molar-refractivity contribution in [2.24, 2.45) is 5.92 Å². The monoisotopic (exact) mass is 262 g/mol. The molecule has 0 aliphatic carbocycles. The number of hydrazine groups is 1. The summed E-state index contributed by atoms with van der Waals surface area (Å²) in [4.78, 5) is 27.2. The summed E-state index contributed by atoms with van der Waals surface area (Å²) in [6, 6.07) is 1.62. The van der Waals surface area contributed by atoms with Gasteiger partial charge in [0.2, 0.25) is 5.91 Å². The van der Waals surface area contributed by atoms with Crippen molar-refractivity contribution in [3.05, 3.63) is 23.5 Å². The van der Waals surface area contributed by atoms with Crippen LogP contribution in [0, 0.1) is 12.8 Å². The van der Waals surface area contributed by atoms with Crippen LogP contribution in [-0.2, 0) is 4.79 Å². The van der Waals surface area contributed by atoms with Crippen LogP contribution < -0.4 is 10.9 Å². The molecule has 100 valence electrons. The van der Waals surface area contributed by atoms with E-state index in [9.17, 15) is 9.59 Å². The minimum Gasteiger partial charge on any atom is -0.336 e. The van der Waals surface area contributed by atoms with Gasteiger partial charge in [0.25, 0.3) is 11.6 Å². The maximum absolute atomic E-state index is 11.8. The summed E-state index contributed by atoms with van der Waals surface area (Å²) in [7, 11) is 0. The van der Waals surface area contributed by atoms with Gasteiger partial charge in [0.1, 0.15) is 0 Å². The molecule has 7 nitrogen and oxygen atoms in total. The minimum atomic E-state index is -0.441. The number of amides is 2. The molecule has 0 unspecified atom stereocenters. The lowest BCUT2D eigenvalue weighted by Crippen LogP contribution is -2.43. The number of hydrogen-bond acceptors (Lipinski definition) is 5. The van der Waals surface area contributed by atoms with Crippen LogP contribution in [0.25, 0.3) is 11.1 Å². The Morgan fingerprint density at radius 1 is 1.32 bits per heavy atom. The number of fused-ring (bicyclic) bond motifs is 1. The van der Waals surface area contributed by atoms with E-state index >= 15 is 0 Å². The highest BCUT2D eigenvalue weighted by Gasteiger charge is 2.13. The minimum absolute atomic E-state index is 0.207. The van der Waals surface area contributed by atoms with E-state index in [-0.39, 0.29) is 11.8 Å². The summed E-state index contributed by atoms with van der Waals surface area (Å²) >= 11 is 0. The average Bonchev–Trinajstić information content (AvgIpc) is 2.76. The standard InChI is InChI=1S/C12H14N4O3/c1-6(2)10(17)14-15-11(18)8-4-9-7(3)16-19-12(9)13-5-8/h4-6H,1-3H3,(H,14,17)(H,15,18). The maximum Gasteiger partial charge on any atom is 0.271 e. The second kappa shape index (κ2) is 5.05. The fourth-order valence-electron chi connectivity index (χ4n) is 1.40. The zero-order chi connectivity index (χ0) is 14.0. The third kappa shape index (κ3) is 2.70. The Hall–Kier alpha value is -2.44. The molecule has 0 aliphatic heterocycles. The third-order valence-corrected chi connectivity index (χ3v) is 2.60. The first kappa shape index (κ1) is 13.0. The highest BCUT2D eigenvalue weighted by molar-refractivity contribution is 5.97. The van der Waals surface area contributed by atoms with E-state index < -0.39 is 5.91 Å². The summed E-state index contributed by atoms with van der Waals surface area (Å²) in [5.41, 5.74) is 6.01. The van der Waals surface area contributed by atoms with Crippen molar-refractivity contribution in [3.8, 4) is 0 Å². The molecule has 2 N–H and O–H groups in total. The molecule has 0 saturated heterocycles. The van der Waals surface area contributed by atoms with E-state index in [2.05, 4.69) is 21.0 Å².